The molecule has 7 nitrogen and oxygen atoms in total. The van der Waals surface area contributed by atoms with Gasteiger partial charge in [0.2, 0.25) is 0 Å². The largest absolute Gasteiger partial charge is 0.357 e. The van der Waals surface area contributed by atoms with Crippen LogP contribution in [0.25, 0.3) is 0 Å². The summed E-state index contributed by atoms with van der Waals surface area (Å²) in [5, 5.41) is 6.80. The molecular formula is C22H39IN6O. The zero-order valence-electron chi connectivity index (χ0n) is 19.1. The van der Waals surface area contributed by atoms with Crippen LogP contribution in [0.5, 0.6) is 0 Å². The number of likely N-dealkylation sites (N-methyl/N-ethyl adjacent to an activating group) is 1. The predicted molar refractivity (Wildman–Crippen MR) is 136 cm³/mol. The SMILES string of the molecule is CCNC(=NCc1ccc(C(=O)N(C)C)cc1)NCC(C)N1CCN(CC)CC1.I. The number of guanidine groups is 1. The first-order valence-corrected chi connectivity index (χ1v) is 10.7. The van der Waals surface area contributed by atoms with Crippen molar-refractivity contribution in [2.24, 2.45) is 4.99 Å². The van der Waals surface area contributed by atoms with Crippen LogP contribution in [0.1, 0.15) is 36.7 Å². The molecule has 1 aromatic rings. The van der Waals surface area contributed by atoms with Crippen LogP contribution in [0.2, 0.25) is 0 Å². The molecule has 170 valence electrons. The molecule has 2 rings (SSSR count). The number of halogens is 1. The van der Waals surface area contributed by atoms with E-state index in [1.807, 2.05) is 24.3 Å². The van der Waals surface area contributed by atoms with Crippen LogP contribution in [0, 0.1) is 0 Å². The number of nitrogens with one attached hydrogen (secondary N) is 2. The Balaban J connectivity index is 0.00000450. The maximum atomic E-state index is 12.0. The van der Waals surface area contributed by atoms with Crippen LogP contribution < -0.4 is 10.6 Å². The third kappa shape index (κ3) is 8.39. The Morgan fingerprint density at radius 3 is 2.27 bits per heavy atom. The first kappa shape index (κ1) is 26.6. The Bertz CT molecular complexity index is 656. The summed E-state index contributed by atoms with van der Waals surface area (Å²) in [6, 6.07) is 8.14. The molecule has 1 aliphatic rings. The summed E-state index contributed by atoms with van der Waals surface area (Å²) in [6.07, 6.45) is 0. The molecule has 0 radical (unpaired) electrons. The van der Waals surface area contributed by atoms with Gasteiger partial charge in [0.1, 0.15) is 0 Å². The number of hydrogen-bond acceptors (Lipinski definition) is 4. The van der Waals surface area contributed by atoms with E-state index in [2.05, 4.69) is 41.2 Å². The van der Waals surface area contributed by atoms with E-state index in [1.165, 1.54) is 0 Å². The van der Waals surface area contributed by atoms with Gasteiger partial charge in [0, 0.05) is 65.0 Å². The summed E-state index contributed by atoms with van der Waals surface area (Å²) in [5.41, 5.74) is 1.78. The number of hydrogen-bond donors (Lipinski definition) is 2. The van der Waals surface area contributed by atoms with Crippen LogP contribution in [-0.4, -0.2) is 92.5 Å². The van der Waals surface area contributed by atoms with Gasteiger partial charge < -0.3 is 20.4 Å². The van der Waals surface area contributed by atoms with Gasteiger partial charge in [0.05, 0.1) is 6.54 Å². The molecule has 1 atom stereocenters. The fraction of sp³-hybridized carbons (Fsp3) is 0.636. The Morgan fingerprint density at radius 1 is 1.10 bits per heavy atom. The molecule has 1 amide bonds. The predicted octanol–water partition coefficient (Wildman–Crippen LogP) is 2.09. The smallest absolute Gasteiger partial charge is 0.253 e. The highest BCUT2D eigenvalue weighted by Crippen LogP contribution is 2.08. The molecular weight excluding hydrogens is 491 g/mol. The number of benzene rings is 1. The van der Waals surface area contributed by atoms with E-state index in [4.69, 9.17) is 4.99 Å². The molecule has 1 unspecified atom stereocenters. The van der Waals surface area contributed by atoms with Gasteiger partial charge in [-0.25, -0.2) is 4.99 Å². The molecule has 2 N–H and O–H groups in total. The first-order chi connectivity index (χ1) is 13.9. The summed E-state index contributed by atoms with van der Waals surface area (Å²) in [4.78, 5) is 23.3. The number of aliphatic imine (C=N–C) groups is 1. The number of rotatable bonds is 8. The minimum absolute atomic E-state index is 0. The zero-order valence-corrected chi connectivity index (χ0v) is 21.5. The summed E-state index contributed by atoms with van der Waals surface area (Å²) in [6.45, 7) is 14.6. The van der Waals surface area contributed by atoms with E-state index in [0.717, 1.165) is 57.3 Å². The Kier molecular flexibility index (Phi) is 12.3. The van der Waals surface area contributed by atoms with Crippen LogP contribution in [0.3, 0.4) is 0 Å². The second kappa shape index (κ2) is 13.8. The van der Waals surface area contributed by atoms with Crippen LogP contribution in [0.15, 0.2) is 29.3 Å². The highest BCUT2D eigenvalue weighted by atomic mass is 127. The third-order valence-electron chi connectivity index (χ3n) is 5.41. The normalized spacial score (nSPS) is 16.5. The quantitative estimate of drug-likeness (QED) is 0.306. The molecule has 30 heavy (non-hydrogen) atoms. The number of piperazine rings is 1. The second-order valence-electron chi connectivity index (χ2n) is 7.79. The molecule has 0 spiro atoms. The topological polar surface area (TPSA) is 63.2 Å². The summed E-state index contributed by atoms with van der Waals surface area (Å²) in [7, 11) is 3.53. The van der Waals surface area contributed by atoms with Crippen molar-refractivity contribution in [3.63, 3.8) is 0 Å². The molecule has 1 fully saturated rings. The van der Waals surface area contributed by atoms with Crippen molar-refractivity contribution in [1.29, 1.82) is 0 Å². The van der Waals surface area contributed by atoms with E-state index < -0.39 is 0 Å². The summed E-state index contributed by atoms with van der Waals surface area (Å²) >= 11 is 0. The fourth-order valence-electron chi connectivity index (χ4n) is 3.42. The molecule has 8 heteroatoms. The maximum absolute atomic E-state index is 12.0. The molecule has 1 aromatic carbocycles. The van der Waals surface area contributed by atoms with Gasteiger partial charge >= 0.3 is 0 Å². The highest BCUT2D eigenvalue weighted by molar-refractivity contribution is 14.0. The molecule has 0 aromatic heterocycles. The number of nitrogens with zero attached hydrogens (tertiary/aromatic N) is 4. The maximum Gasteiger partial charge on any atom is 0.253 e. The highest BCUT2D eigenvalue weighted by Gasteiger charge is 2.20. The van der Waals surface area contributed by atoms with Crippen molar-refractivity contribution >= 4 is 35.8 Å². The molecule has 0 saturated carbocycles. The zero-order chi connectivity index (χ0) is 21.2. The summed E-state index contributed by atoms with van der Waals surface area (Å²) in [5.74, 6) is 0.851. The lowest BCUT2D eigenvalue weighted by atomic mass is 10.1. The second-order valence-corrected chi connectivity index (χ2v) is 7.79. The minimum atomic E-state index is 0. The molecule has 0 bridgehead atoms. The van der Waals surface area contributed by atoms with Crippen molar-refractivity contribution in [3.8, 4) is 0 Å². The van der Waals surface area contributed by atoms with Crippen molar-refractivity contribution < 1.29 is 4.79 Å². The Labute approximate surface area is 199 Å². The molecule has 1 saturated heterocycles. The number of carbonyl (C=O) groups excluding carboxylic acids is 1. The van der Waals surface area contributed by atoms with E-state index in [9.17, 15) is 4.79 Å². The third-order valence-corrected chi connectivity index (χ3v) is 5.41. The van der Waals surface area contributed by atoms with Crippen molar-refractivity contribution in [2.75, 3.05) is 59.9 Å². The monoisotopic (exact) mass is 530 g/mol. The van der Waals surface area contributed by atoms with Crippen LogP contribution in [0.4, 0.5) is 0 Å². The van der Waals surface area contributed by atoms with Crippen LogP contribution >= 0.6 is 24.0 Å². The van der Waals surface area contributed by atoms with Gasteiger partial charge in [-0.2, -0.15) is 0 Å². The molecule has 0 aliphatic carbocycles. The van der Waals surface area contributed by atoms with Gasteiger partial charge in [0.25, 0.3) is 5.91 Å². The van der Waals surface area contributed by atoms with Gasteiger partial charge in [-0.05, 0) is 38.1 Å². The molecule has 1 heterocycles. The Morgan fingerprint density at radius 2 is 1.73 bits per heavy atom. The van der Waals surface area contributed by atoms with Gasteiger partial charge in [-0.1, -0.05) is 19.1 Å². The standard InChI is InChI=1S/C22H38N6O.HI/c1-6-23-22(24-16-18(3)28-14-12-27(7-2)13-15-28)25-17-19-8-10-20(11-9-19)21(29)26(4)5;/h8-11,18H,6-7,12-17H2,1-5H3,(H2,23,24,25);1H. The number of amides is 1. The lowest BCUT2D eigenvalue weighted by Gasteiger charge is -2.37. The summed E-state index contributed by atoms with van der Waals surface area (Å²) < 4.78 is 0. The van der Waals surface area contributed by atoms with Crippen LogP contribution in [-0.2, 0) is 6.54 Å². The fourth-order valence-corrected chi connectivity index (χ4v) is 3.42. The molecule has 1 aliphatic heterocycles. The van der Waals surface area contributed by atoms with Gasteiger partial charge in [-0.15, -0.1) is 24.0 Å². The van der Waals surface area contributed by atoms with E-state index in [0.29, 0.717) is 18.2 Å². The average Bonchev–Trinajstić information content (AvgIpc) is 2.75. The lowest BCUT2D eigenvalue weighted by Crippen LogP contribution is -2.53. The Hall–Kier alpha value is -1.39. The van der Waals surface area contributed by atoms with E-state index in [1.54, 1.807) is 19.0 Å². The van der Waals surface area contributed by atoms with Crippen molar-refractivity contribution in [1.82, 2.24) is 25.3 Å². The van der Waals surface area contributed by atoms with E-state index >= 15 is 0 Å². The minimum Gasteiger partial charge on any atom is -0.357 e. The number of carbonyl (C=O) groups is 1. The average molecular weight is 530 g/mol. The lowest BCUT2D eigenvalue weighted by molar-refractivity contribution is 0.0827. The first-order valence-electron chi connectivity index (χ1n) is 10.7. The van der Waals surface area contributed by atoms with Crippen molar-refractivity contribution in [2.45, 2.75) is 33.4 Å². The van der Waals surface area contributed by atoms with Crippen molar-refractivity contribution in [3.05, 3.63) is 35.4 Å². The van der Waals surface area contributed by atoms with Gasteiger partial charge in [-0.3, -0.25) is 9.69 Å². The van der Waals surface area contributed by atoms with Gasteiger partial charge in [0.15, 0.2) is 5.96 Å². The van der Waals surface area contributed by atoms with E-state index in [-0.39, 0.29) is 29.9 Å².